The smallest absolute Gasteiger partial charge is 0.306 e. The molecule has 2 heterocycles. The summed E-state index contributed by atoms with van der Waals surface area (Å²) in [6.45, 7) is 16.2. The average Bonchev–Trinajstić information content (AvgIpc) is 4.05. The second-order valence-electron chi connectivity index (χ2n) is 16.1. The molecule has 2 saturated heterocycles. The second-order valence-corrected chi connectivity index (χ2v) is 16.1. The molecule has 15 nitrogen and oxygen atoms in total. The van der Waals surface area contributed by atoms with Crippen LogP contribution in [0.3, 0.4) is 0 Å². The summed E-state index contributed by atoms with van der Waals surface area (Å²) >= 11 is 0. The predicted molar refractivity (Wildman–Crippen MR) is 205 cm³/mol. The fourth-order valence-electron chi connectivity index (χ4n) is 7.15. The van der Waals surface area contributed by atoms with E-state index in [1.807, 2.05) is 13.8 Å². The molecule has 0 aromatic heterocycles. The van der Waals surface area contributed by atoms with Gasteiger partial charge in [-0.15, -0.1) is 0 Å². The predicted octanol–water partition coefficient (Wildman–Crippen LogP) is 2.39. The van der Waals surface area contributed by atoms with E-state index >= 15 is 0 Å². The van der Waals surface area contributed by atoms with Crippen LogP contribution in [0.1, 0.15) is 93.4 Å². The van der Waals surface area contributed by atoms with E-state index in [1.165, 1.54) is 5.57 Å². The molecule has 3 aliphatic rings. The van der Waals surface area contributed by atoms with Crippen molar-refractivity contribution in [3.63, 3.8) is 0 Å². The zero-order valence-corrected chi connectivity index (χ0v) is 34.4. The summed E-state index contributed by atoms with van der Waals surface area (Å²) in [5.74, 6) is -1.31. The Morgan fingerprint density at radius 1 is 0.891 bits per heavy atom. The van der Waals surface area contributed by atoms with Crippen LogP contribution < -0.4 is 21.3 Å². The molecule has 1 aliphatic carbocycles. The van der Waals surface area contributed by atoms with E-state index in [9.17, 15) is 24.0 Å². The number of epoxide rings is 2. The van der Waals surface area contributed by atoms with Crippen LogP contribution in [0.4, 0.5) is 0 Å². The topological polar surface area (TPSA) is 195 Å². The Morgan fingerprint density at radius 2 is 1.60 bits per heavy atom. The molecule has 1 spiro atoms. The van der Waals surface area contributed by atoms with Gasteiger partial charge in [0.05, 0.1) is 57.6 Å². The molecule has 4 N–H and O–H groups in total. The van der Waals surface area contributed by atoms with Crippen molar-refractivity contribution >= 4 is 29.5 Å². The second kappa shape index (κ2) is 22.7. The summed E-state index contributed by atoms with van der Waals surface area (Å²) < 4.78 is 35.3. The highest BCUT2D eigenvalue weighted by Crippen LogP contribution is 2.59. The number of allylic oxidation sites excluding steroid dienone is 1. The Hall–Kier alpha value is -2.95. The van der Waals surface area contributed by atoms with E-state index in [2.05, 4.69) is 48.1 Å². The van der Waals surface area contributed by atoms with Crippen LogP contribution in [-0.2, 0) is 52.4 Å². The van der Waals surface area contributed by atoms with Crippen LogP contribution in [-0.4, -0.2) is 131 Å². The van der Waals surface area contributed by atoms with Crippen LogP contribution in [0.25, 0.3) is 0 Å². The number of carbonyl (C=O) groups is 5. The Labute approximate surface area is 327 Å². The standard InChI is InChI=1S/C40H68N4O11/c1-26(2)11-12-32-39(7,55-32)37-36(50-8)31(13-15-40(37)25-53-40)54-35(48)10-9-18-51-20-21-52-19-17-42-33(46)14-16-41-29(22-27(3)4)38(49)44-24-34(47)43-23-30(45)28(5)6/h11,27-29,31-32,36-37,41H,9-10,12-25H2,1-8H3,(H,42,46)(H,43,47)(H,44,49)/t29-,31?,32+,36?,37?,39?,40-/m0/s1. The number of ether oxygens (including phenoxy) is 6. The number of carbonyl (C=O) groups excluding carboxylic acids is 5. The van der Waals surface area contributed by atoms with Crippen molar-refractivity contribution in [3.05, 3.63) is 11.6 Å². The van der Waals surface area contributed by atoms with Crippen LogP contribution in [0.2, 0.25) is 0 Å². The first-order valence-electron chi connectivity index (χ1n) is 20.0. The van der Waals surface area contributed by atoms with E-state index < -0.39 is 11.9 Å². The lowest BCUT2D eigenvalue weighted by Crippen LogP contribution is -2.55. The van der Waals surface area contributed by atoms with Crippen molar-refractivity contribution in [2.45, 2.75) is 129 Å². The number of esters is 1. The molecule has 15 heteroatoms. The van der Waals surface area contributed by atoms with Crippen molar-refractivity contribution < 1.29 is 52.4 Å². The van der Waals surface area contributed by atoms with Crippen molar-refractivity contribution in [2.24, 2.45) is 17.8 Å². The molecular formula is C40H68N4O11. The highest BCUT2D eigenvalue weighted by Gasteiger charge is 2.72. The first kappa shape index (κ1) is 46.4. The molecule has 3 fully saturated rings. The molecule has 0 radical (unpaired) electrons. The van der Waals surface area contributed by atoms with Crippen LogP contribution in [0.15, 0.2) is 11.6 Å². The molecule has 3 rings (SSSR count). The van der Waals surface area contributed by atoms with E-state index in [4.69, 9.17) is 28.4 Å². The molecule has 3 amide bonds. The van der Waals surface area contributed by atoms with Gasteiger partial charge in [0.25, 0.3) is 0 Å². The van der Waals surface area contributed by atoms with E-state index in [-0.39, 0.29) is 103 Å². The third-order valence-electron chi connectivity index (χ3n) is 10.4. The number of Topliss-reactive ketones (excluding diaryl/α,β-unsaturated/α-hetero) is 1. The first-order valence-corrected chi connectivity index (χ1v) is 20.0. The quantitative estimate of drug-likeness (QED) is 0.0412. The van der Waals surface area contributed by atoms with Crippen molar-refractivity contribution in [1.29, 1.82) is 0 Å². The number of nitrogens with one attached hydrogen (secondary N) is 4. The maximum Gasteiger partial charge on any atom is 0.306 e. The van der Waals surface area contributed by atoms with Crippen molar-refractivity contribution in [3.8, 4) is 0 Å². The minimum atomic E-state index is -0.567. The zero-order chi connectivity index (χ0) is 40.6. The number of rotatable bonds is 27. The summed E-state index contributed by atoms with van der Waals surface area (Å²) in [5, 5.41) is 11.0. The van der Waals surface area contributed by atoms with Gasteiger partial charge in [0.15, 0.2) is 5.78 Å². The number of hydrogen-bond donors (Lipinski definition) is 4. The Kier molecular flexibility index (Phi) is 19.2. The third kappa shape index (κ3) is 15.5. The van der Waals surface area contributed by atoms with E-state index in [1.54, 1.807) is 21.0 Å². The van der Waals surface area contributed by atoms with Gasteiger partial charge in [0.1, 0.15) is 23.4 Å². The van der Waals surface area contributed by atoms with E-state index in [0.29, 0.717) is 58.8 Å². The molecule has 314 valence electrons. The fraction of sp³-hybridized carbons (Fsp3) is 0.825. The van der Waals surface area contributed by atoms with Gasteiger partial charge < -0.3 is 49.7 Å². The Balaban J connectivity index is 1.22. The molecule has 0 bridgehead atoms. The lowest BCUT2D eigenvalue weighted by Gasteiger charge is -2.42. The monoisotopic (exact) mass is 780 g/mol. The fourth-order valence-corrected chi connectivity index (χ4v) is 7.15. The van der Waals surface area contributed by atoms with Crippen molar-refractivity contribution in [1.82, 2.24) is 21.3 Å². The summed E-state index contributed by atoms with van der Waals surface area (Å²) in [7, 11) is 1.67. The SMILES string of the molecule is COC1C(OC(=O)CCCOCCOCCNC(=O)CCN[C@@H](CC(C)C)C(=O)NCC(=O)NCC(=O)C(C)C)CC[C@]2(CO2)C1C1(C)O[C@@H]1CC=C(C)C. The van der Waals surface area contributed by atoms with Crippen LogP contribution in [0, 0.1) is 17.8 Å². The Bertz CT molecular complexity index is 1300. The first-order chi connectivity index (χ1) is 26.1. The normalized spacial score (nSPS) is 26.0. The number of amides is 3. The number of ketones is 1. The highest BCUT2D eigenvalue weighted by molar-refractivity contribution is 5.90. The zero-order valence-electron chi connectivity index (χ0n) is 34.4. The van der Waals surface area contributed by atoms with Gasteiger partial charge in [-0.25, -0.2) is 0 Å². The largest absolute Gasteiger partial charge is 0.460 e. The highest BCUT2D eigenvalue weighted by atomic mass is 16.6. The van der Waals surface area contributed by atoms with Gasteiger partial charge >= 0.3 is 5.97 Å². The summed E-state index contributed by atoms with van der Waals surface area (Å²) in [6, 6.07) is -0.567. The number of methoxy groups -OCH3 is 1. The van der Waals surface area contributed by atoms with Crippen LogP contribution >= 0.6 is 0 Å². The summed E-state index contributed by atoms with van der Waals surface area (Å²) in [5.41, 5.74) is 0.607. The molecule has 0 aromatic carbocycles. The summed E-state index contributed by atoms with van der Waals surface area (Å²) in [6.07, 6.45) is 5.40. The summed E-state index contributed by atoms with van der Waals surface area (Å²) in [4.78, 5) is 61.5. The van der Waals surface area contributed by atoms with Gasteiger partial charge in [0, 0.05) is 45.6 Å². The molecule has 55 heavy (non-hydrogen) atoms. The van der Waals surface area contributed by atoms with Gasteiger partial charge in [0.2, 0.25) is 17.7 Å². The van der Waals surface area contributed by atoms with Crippen LogP contribution in [0.5, 0.6) is 0 Å². The lowest BCUT2D eigenvalue weighted by atomic mass is 9.68. The lowest BCUT2D eigenvalue weighted by molar-refractivity contribution is -0.172. The maximum absolute atomic E-state index is 12.8. The van der Waals surface area contributed by atoms with Crippen molar-refractivity contribution in [2.75, 3.05) is 66.3 Å². The average molecular weight is 781 g/mol. The molecular weight excluding hydrogens is 712 g/mol. The van der Waals surface area contributed by atoms with Gasteiger partial charge in [-0.3, -0.25) is 24.0 Å². The molecule has 0 aromatic rings. The van der Waals surface area contributed by atoms with E-state index in [0.717, 1.165) is 12.8 Å². The molecule has 7 atom stereocenters. The number of hydrogen-bond acceptors (Lipinski definition) is 12. The molecule has 2 aliphatic heterocycles. The van der Waals surface area contributed by atoms with Gasteiger partial charge in [-0.2, -0.15) is 0 Å². The molecule has 4 unspecified atom stereocenters. The molecule has 1 saturated carbocycles. The minimum Gasteiger partial charge on any atom is -0.460 e. The van der Waals surface area contributed by atoms with Gasteiger partial charge in [-0.05, 0) is 58.8 Å². The maximum atomic E-state index is 12.8. The minimum absolute atomic E-state index is 0.0170. The Morgan fingerprint density at radius 3 is 2.24 bits per heavy atom. The van der Waals surface area contributed by atoms with Gasteiger partial charge in [-0.1, -0.05) is 39.3 Å². The third-order valence-corrected chi connectivity index (χ3v) is 10.4.